The highest BCUT2D eigenvalue weighted by Gasteiger charge is 2.17. The Bertz CT molecular complexity index is 917. The van der Waals surface area contributed by atoms with Gasteiger partial charge in [0.25, 0.3) is 5.91 Å². The number of pyridine rings is 2. The van der Waals surface area contributed by atoms with E-state index in [1.807, 2.05) is 30.4 Å². The molecule has 144 valence electrons. The van der Waals surface area contributed by atoms with Crippen LogP contribution in [-0.2, 0) is 0 Å². The minimum Gasteiger partial charge on any atom is -0.367 e. The second-order valence-corrected chi connectivity index (χ2v) is 6.91. The van der Waals surface area contributed by atoms with Gasteiger partial charge < -0.3 is 21.3 Å². The van der Waals surface area contributed by atoms with Gasteiger partial charge in [0.15, 0.2) is 0 Å². The Balaban J connectivity index is 1.53. The van der Waals surface area contributed by atoms with Gasteiger partial charge in [0.2, 0.25) is 0 Å². The van der Waals surface area contributed by atoms with Crippen LogP contribution in [0.15, 0.2) is 54.9 Å². The zero-order valence-electron chi connectivity index (χ0n) is 15.6. The van der Waals surface area contributed by atoms with Crippen molar-refractivity contribution in [3.63, 3.8) is 0 Å². The van der Waals surface area contributed by atoms with Gasteiger partial charge in [0.05, 0.1) is 23.3 Å². The number of nitrogens with one attached hydrogen (secondary N) is 2. The van der Waals surface area contributed by atoms with Gasteiger partial charge in [0, 0.05) is 38.4 Å². The lowest BCUT2D eigenvalue weighted by Gasteiger charge is -2.30. The molecule has 0 radical (unpaired) electrons. The van der Waals surface area contributed by atoms with E-state index in [9.17, 15) is 4.79 Å². The number of nitrogens with zero attached hydrogens (tertiary/aromatic N) is 3. The molecule has 2 aliphatic rings. The summed E-state index contributed by atoms with van der Waals surface area (Å²) in [4.78, 5) is 23.8. The normalized spacial score (nSPS) is 19.2. The Morgan fingerprint density at radius 2 is 2.11 bits per heavy atom. The summed E-state index contributed by atoms with van der Waals surface area (Å²) in [6.45, 7) is 3.63. The largest absolute Gasteiger partial charge is 0.367 e. The van der Waals surface area contributed by atoms with Crippen LogP contribution in [0.1, 0.15) is 22.6 Å². The minimum atomic E-state index is -0.247. The number of carbonyl (C=O) groups is 1. The molecular weight excluding hydrogens is 352 g/mol. The van der Waals surface area contributed by atoms with Crippen molar-refractivity contribution in [2.45, 2.75) is 12.5 Å². The second kappa shape index (κ2) is 8.33. The van der Waals surface area contributed by atoms with E-state index < -0.39 is 0 Å². The maximum Gasteiger partial charge on any atom is 0.274 e. The molecule has 7 nitrogen and oxygen atoms in total. The fourth-order valence-electron chi connectivity index (χ4n) is 3.40. The molecule has 2 aromatic rings. The molecule has 1 aliphatic heterocycles. The van der Waals surface area contributed by atoms with E-state index in [-0.39, 0.29) is 11.9 Å². The van der Waals surface area contributed by atoms with Gasteiger partial charge in [-0.15, -0.1) is 0 Å². The maximum atomic E-state index is 12.8. The van der Waals surface area contributed by atoms with Gasteiger partial charge in [-0.2, -0.15) is 0 Å². The summed E-state index contributed by atoms with van der Waals surface area (Å²) < 4.78 is 0. The Labute approximate surface area is 164 Å². The third kappa shape index (κ3) is 4.11. The monoisotopic (exact) mass is 376 g/mol. The van der Waals surface area contributed by atoms with Crippen molar-refractivity contribution in [3.8, 4) is 0 Å². The number of anilines is 2. The van der Waals surface area contributed by atoms with Crippen molar-refractivity contribution in [1.82, 2.24) is 15.3 Å². The first-order chi connectivity index (χ1) is 13.7. The van der Waals surface area contributed by atoms with Gasteiger partial charge in [-0.1, -0.05) is 24.3 Å². The number of rotatable bonds is 4. The molecule has 4 N–H and O–H groups in total. The molecule has 1 fully saturated rings. The number of nitrogens with two attached hydrogens (primary N) is 1. The quantitative estimate of drug-likeness (QED) is 0.753. The average molecular weight is 376 g/mol. The third-order valence-electron chi connectivity index (χ3n) is 4.91. The first-order valence-electron chi connectivity index (χ1n) is 9.53. The molecule has 1 unspecified atom stereocenters. The molecule has 1 saturated heterocycles. The predicted molar refractivity (Wildman–Crippen MR) is 111 cm³/mol. The number of carbonyl (C=O) groups excluding carboxylic acids is 1. The molecule has 28 heavy (non-hydrogen) atoms. The highest BCUT2D eigenvalue weighted by atomic mass is 16.1. The van der Waals surface area contributed by atoms with Crippen molar-refractivity contribution in [2.24, 2.45) is 5.73 Å². The van der Waals surface area contributed by atoms with Crippen molar-refractivity contribution in [3.05, 3.63) is 66.3 Å². The van der Waals surface area contributed by atoms with E-state index in [4.69, 9.17) is 5.73 Å². The van der Waals surface area contributed by atoms with E-state index in [1.54, 1.807) is 18.5 Å². The van der Waals surface area contributed by atoms with E-state index >= 15 is 0 Å². The first kappa shape index (κ1) is 18.3. The zero-order chi connectivity index (χ0) is 19.3. The summed E-state index contributed by atoms with van der Waals surface area (Å²) in [7, 11) is 0. The fourth-order valence-corrected chi connectivity index (χ4v) is 3.40. The summed E-state index contributed by atoms with van der Waals surface area (Å²) in [5.41, 5.74) is 9.69. The topological polar surface area (TPSA) is 96.2 Å². The molecule has 0 aromatic carbocycles. The minimum absolute atomic E-state index is 0.0456. The lowest BCUT2D eigenvalue weighted by atomic mass is 10.0. The fraction of sp³-hybridized carbons (Fsp3) is 0.286. The summed E-state index contributed by atoms with van der Waals surface area (Å²) >= 11 is 0. The van der Waals surface area contributed by atoms with Crippen LogP contribution in [0.4, 0.5) is 11.4 Å². The molecule has 0 bridgehead atoms. The Kier molecular flexibility index (Phi) is 5.45. The van der Waals surface area contributed by atoms with Crippen LogP contribution in [0.25, 0.3) is 5.57 Å². The number of allylic oxidation sites excluding steroid dienone is 2. The molecule has 0 spiro atoms. The van der Waals surface area contributed by atoms with Gasteiger partial charge in [-0.3, -0.25) is 9.78 Å². The van der Waals surface area contributed by atoms with Crippen LogP contribution in [0.3, 0.4) is 0 Å². The van der Waals surface area contributed by atoms with Crippen LogP contribution in [0, 0.1) is 0 Å². The van der Waals surface area contributed by atoms with E-state index in [0.29, 0.717) is 11.4 Å². The summed E-state index contributed by atoms with van der Waals surface area (Å²) in [6, 6.07) is 7.45. The van der Waals surface area contributed by atoms with Gasteiger partial charge >= 0.3 is 0 Å². The lowest BCUT2D eigenvalue weighted by Crippen LogP contribution is -2.43. The van der Waals surface area contributed by atoms with Gasteiger partial charge in [-0.05, 0) is 30.2 Å². The van der Waals surface area contributed by atoms with Crippen molar-refractivity contribution in [1.29, 1.82) is 0 Å². The highest BCUT2D eigenvalue weighted by molar-refractivity contribution is 6.04. The van der Waals surface area contributed by atoms with Crippen LogP contribution < -0.4 is 21.3 Å². The average Bonchev–Trinajstić information content (AvgIpc) is 2.75. The Morgan fingerprint density at radius 3 is 2.89 bits per heavy atom. The molecule has 7 heteroatoms. The number of hydrogen-bond donors (Lipinski definition) is 3. The molecule has 4 rings (SSSR count). The number of piperazine rings is 1. The van der Waals surface area contributed by atoms with Crippen LogP contribution in [-0.4, -0.2) is 48.1 Å². The zero-order valence-corrected chi connectivity index (χ0v) is 15.6. The van der Waals surface area contributed by atoms with Crippen LogP contribution in [0.2, 0.25) is 0 Å². The van der Waals surface area contributed by atoms with Crippen LogP contribution in [0.5, 0.6) is 0 Å². The van der Waals surface area contributed by atoms with E-state index in [1.165, 1.54) is 0 Å². The van der Waals surface area contributed by atoms with Gasteiger partial charge in [-0.25, -0.2) is 4.98 Å². The summed E-state index contributed by atoms with van der Waals surface area (Å²) in [5, 5.41) is 6.32. The van der Waals surface area contributed by atoms with Gasteiger partial charge in [0.1, 0.15) is 5.69 Å². The third-order valence-corrected chi connectivity index (χ3v) is 4.91. The molecule has 0 saturated carbocycles. The second-order valence-electron chi connectivity index (χ2n) is 6.91. The number of amides is 1. The lowest BCUT2D eigenvalue weighted by molar-refractivity contribution is 0.102. The smallest absolute Gasteiger partial charge is 0.274 e. The maximum absolute atomic E-state index is 12.8. The van der Waals surface area contributed by atoms with E-state index in [2.05, 4.69) is 31.6 Å². The first-order valence-corrected chi connectivity index (χ1v) is 9.53. The number of hydrogen-bond acceptors (Lipinski definition) is 6. The standard InChI is InChI=1S/C21H24N6O/c22-16-6-4-15(5-7-16)17-2-1-3-18(25-17)21(28)26-19-14-24-9-8-20(19)27-12-10-23-11-13-27/h1-6,8-9,14,16,23H,7,10-13,22H2,(H,26,28). The highest BCUT2D eigenvalue weighted by Crippen LogP contribution is 2.25. The van der Waals surface area contributed by atoms with E-state index in [0.717, 1.165) is 49.6 Å². The molecule has 1 atom stereocenters. The summed E-state index contributed by atoms with van der Waals surface area (Å²) in [5.74, 6) is -0.247. The molecule has 2 aromatic heterocycles. The summed E-state index contributed by atoms with van der Waals surface area (Å²) in [6.07, 6.45) is 10.2. The molecule has 3 heterocycles. The Morgan fingerprint density at radius 1 is 1.25 bits per heavy atom. The molecule has 1 amide bonds. The molecular formula is C21H24N6O. The number of aromatic nitrogens is 2. The van der Waals surface area contributed by atoms with Crippen molar-refractivity contribution < 1.29 is 4.79 Å². The van der Waals surface area contributed by atoms with Crippen molar-refractivity contribution >= 4 is 22.9 Å². The van der Waals surface area contributed by atoms with Crippen molar-refractivity contribution in [2.75, 3.05) is 36.4 Å². The SMILES string of the molecule is NC1C=CC(c2cccc(C(=O)Nc3cnccc3N3CCNCC3)n2)=CC1. The predicted octanol–water partition coefficient (Wildman–Crippen LogP) is 1.81. The Hall–Kier alpha value is -3.03. The molecule has 1 aliphatic carbocycles. The van der Waals surface area contributed by atoms with Crippen LogP contribution >= 0.6 is 0 Å².